The highest BCUT2D eigenvalue weighted by atomic mass is 16.5. The zero-order chi connectivity index (χ0) is 26.4. The summed E-state index contributed by atoms with van der Waals surface area (Å²) in [5, 5.41) is 17.5. The maximum Gasteiger partial charge on any atom is 0.289 e. The van der Waals surface area contributed by atoms with Crippen molar-refractivity contribution in [3.05, 3.63) is 60.6 Å². The molecule has 2 N–H and O–H groups in total. The molecule has 0 bridgehead atoms. The van der Waals surface area contributed by atoms with Gasteiger partial charge in [0, 0.05) is 41.3 Å². The summed E-state index contributed by atoms with van der Waals surface area (Å²) in [4.78, 5) is 24.1. The van der Waals surface area contributed by atoms with Gasteiger partial charge in [0.25, 0.3) is 5.91 Å². The van der Waals surface area contributed by atoms with Crippen LogP contribution in [0.2, 0.25) is 0 Å². The third-order valence-electron chi connectivity index (χ3n) is 6.84. The Labute approximate surface area is 218 Å². The van der Waals surface area contributed by atoms with E-state index in [1.807, 2.05) is 37.3 Å². The van der Waals surface area contributed by atoms with Crippen molar-refractivity contribution in [3.63, 3.8) is 0 Å². The molecule has 0 saturated heterocycles. The molecule has 4 rings (SSSR count). The molecule has 192 valence electrons. The maximum atomic E-state index is 13.0. The van der Waals surface area contributed by atoms with Crippen LogP contribution in [0, 0.1) is 11.3 Å². The molecule has 0 atom stereocenters. The van der Waals surface area contributed by atoms with Gasteiger partial charge in [-0.2, -0.15) is 5.26 Å². The van der Waals surface area contributed by atoms with E-state index in [1.54, 1.807) is 12.3 Å². The van der Waals surface area contributed by atoms with Crippen molar-refractivity contribution in [1.82, 2.24) is 20.2 Å². The topological polar surface area (TPSA) is 103 Å². The second-order valence-electron chi connectivity index (χ2n) is 9.58. The summed E-state index contributed by atoms with van der Waals surface area (Å²) < 4.78 is 5.84. The highest BCUT2D eigenvalue weighted by Gasteiger charge is 2.24. The van der Waals surface area contributed by atoms with E-state index < -0.39 is 0 Å². The molecule has 1 aliphatic carbocycles. The van der Waals surface area contributed by atoms with E-state index in [0.29, 0.717) is 36.2 Å². The van der Waals surface area contributed by atoms with E-state index in [-0.39, 0.29) is 17.8 Å². The second-order valence-corrected chi connectivity index (χ2v) is 9.58. The number of benzene rings is 2. The number of hydrogen-bond acceptors (Lipinski definition) is 7. The van der Waals surface area contributed by atoms with Crippen LogP contribution in [0.25, 0.3) is 22.0 Å². The molecule has 2 aromatic carbocycles. The molecular weight excluding hydrogens is 464 g/mol. The van der Waals surface area contributed by atoms with Crippen molar-refractivity contribution < 1.29 is 9.53 Å². The van der Waals surface area contributed by atoms with Gasteiger partial charge in [0.05, 0.1) is 24.1 Å². The number of nitrogens with zero attached hydrogens (tertiary/aromatic N) is 4. The fourth-order valence-electron chi connectivity index (χ4n) is 4.77. The Morgan fingerprint density at radius 1 is 1.19 bits per heavy atom. The number of nitriles is 1. The van der Waals surface area contributed by atoms with Crippen molar-refractivity contribution in [1.29, 1.82) is 5.26 Å². The molecule has 0 spiro atoms. The number of amides is 1. The summed E-state index contributed by atoms with van der Waals surface area (Å²) in [7, 11) is 4.21. The minimum atomic E-state index is -0.244. The number of fused-ring (bicyclic) bond motifs is 1. The monoisotopic (exact) mass is 498 g/mol. The Morgan fingerprint density at radius 3 is 2.65 bits per heavy atom. The lowest BCUT2D eigenvalue weighted by Gasteiger charge is -2.32. The summed E-state index contributed by atoms with van der Waals surface area (Å²) >= 11 is 0. The first-order valence-electron chi connectivity index (χ1n) is 12.7. The smallest absolute Gasteiger partial charge is 0.289 e. The quantitative estimate of drug-likeness (QED) is 0.409. The van der Waals surface area contributed by atoms with E-state index in [1.165, 1.54) is 0 Å². The molecule has 37 heavy (non-hydrogen) atoms. The number of aromatic nitrogens is 2. The maximum absolute atomic E-state index is 13.0. The summed E-state index contributed by atoms with van der Waals surface area (Å²) in [6.45, 7) is 6.53. The van der Waals surface area contributed by atoms with Gasteiger partial charge in [-0.15, -0.1) is 0 Å². The fourth-order valence-corrected chi connectivity index (χ4v) is 4.77. The van der Waals surface area contributed by atoms with Gasteiger partial charge in [-0.25, -0.2) is 9.97 Å². The Hall–Kier alpha value is -3.96. The first-order chi connectivity index (χ1) is 17.9. The van der Waals surface area contributed by atoms with E-state index in [2.05, 4.69) is 52.2 Å². The van der Waals surface area contributed by atoms with E-state index in [4.69, 9.17) is 10.00 Å². The number of nitrogens with one attached hydrogen (secondary N) is 2. The van der Waals surface area contributed by atoms with E-state index in [0.717, 1.165) is 47.7 Å². The van der Waals surface area contributed by atoms with Crippen LogP contribution in [0.5, 0.6) is 5.75 Å². The van der Waals surface area contributed by atoms with Gasteiger partial charge in [-0.05, 0) is 70.3 Å². The zero-order valence-electron chi connectivity index (χ0n) is 21.8. The Bertz CT molecular complexity index is 1320. The molecule has 1 heterocycles. The van der Waals surface area contributed by atoms with Crippen molar-refractivity contribution in [2.45, 2.75) is 44.7 Å². The minimum Gasteiger partial charge on any atom is -0.492 e. The van der Waals surface area contributed by atoms with Crippen molar-refractivity contribution in [3.8, 4) is 23.1 Å². The van der Waals surface area contributed by atoms with E-state index >= 15 is 0 Å². The normalized spacial score (nSPS) is 17.3. The molecule has 0 radical (unpaired) electrons. The molecule has 0 aliphatic heterocycles. The van der Waals surface area contributed by atoms with Crippen LogP contribution in [-0.2, 0) is 0 Å². The summed E-state index contributed by atoms with van der Waals surface area (Å²) in [6.07, 6.45) is 5.66. The van der Waals surface area contributed by atoms with Crippen LogP contribution >= 0.6 is 0 Å². The first kappa shape index (κ1) is 26.1. The van der Waals surface area contributed by atoms with Gasteiger partial charge in [-0.3, -0.25) is 4.79 Å². The molecule has 8 heteroatoms. The Balaban J connectivity index is 1.58. The first-order valence-corrected chi connectivity index (χ1v) is 12.7. The summed E-state index contributed by atoms with van der Waals surface area (Å²) in [5.74, 6) is 0.621. The minimum absolute atomic E-state index is 0.144. The lowest BCUT2D eigenvalue weighted by molar-refractivity contribution is 0.0905. The Morgan fingerprint density at radius 2 is 1.95 bits per heavy atom. The fraction of sp³-hybridized carbons (Fsp3) is 0.379. The number of carbonyl (C=O) groups is 1. The largest absolute Gasteiger partial charge is 0.492 e. The van der Waals surface area contributed by atoms with Gasteiger partial charge in [-0.1, -0.05) is 24.8 Å². The highest BCUT2D eigenvalue weighted by Crippen LogP contribution is 2.36. The number of ether oxygens (including phenoxy) is 1. The molecule has 1 saturated carbocycles. The molecule has 3 aromatic rings. The van der Waals surface area contributed by atoms with E-state index in [9.17, 15) is 4.79 Å². The number of carbonyl (C=O) groups excluding carboxylic acids is 1. The molecular formula is C29H34N6O2. The predicted octanol–water partition coefficient (Wildman–Crippen LogP) is 4.79. The third-order valence-corrected chi connectivity index (χ3v) is 6.84. The van der Waals surface area contributed by atoms with Crippen LogP contribution in [0.15, 0.2) is 54.7 Å². The van der Waals surface area contributed by atoms with Crippen LogP contribution < -0.4 is 15.4 Å². The SMILES string of the molecule is C=C(C#N)CNc1c(OCC)ccc2ccc(-c3ccnc(C(=O)NC4CCC(N(C)C)CC4)n3)cc12. The van der Waals surface area contributed by atoms with Crippen LogP contribution in [0.3, 0.4) is 0 Å². The van der Waals surface area contributed by atoms with Gasteiger partial charge in [0.15, 0.2) is 0 Å². The lowest BCUT2D eigenvalue weighted by atomic mass is 9.90. The van der Waals surface area contributed by atoms with Crippen molar-refractivity contribution in [2.75, 3.05) is 32.6 Å². The Kier molecular flexibility index (Phi) is 8.36. The third kappa shape index (κ3) is 6.25. The number of hydrogen-bond donors (Lipinski definition) is 2. The van der Waals surface area contributed by atoms with Gasteiger partial charge in [0.1, 0.15) is 5.75 Å². The zero-order valence-corrected chi connectivity index (χ0v) is 21.8. The molecule has 8 nitrogen and oxygen atoms in total. The summed E-state index contributed by atoms with van der Waals surface area (Å²) in [5.41, 5.74) is 2.73. The van der Waals surface area contributed by atoms with Gasteiger partial charge >= 0.3 is 0 Å². The molecule has 1 amide bonds. The van der Waals surface area contributed by atoms with Crippen LogP contribution in [-0.4, -0.2) is 60.1 Å². The highest BCUT2D eigenvalue weighted by molar-refractivity contribution is 5.99. The van der Waals surface area contributed by atoms with Crippen LogP contribution in [0.1, 0.15) is 43.2 Å². The summed E-state index contributed by atoms with van der Waals surface area (Å²) in [6, 6.07) is 14.5. The van der Waals surface area contributed by atoms with Crippen molar-refractivity contribution >= 4 is 22.4 Å². The lowest BCUT2D eigenvalue weighted by Crippen LogP contribution is -2.42. The molecule has 1 aromatic heterocycles. The molecule has 0 unspecified atom stereocenters. The molecule has 1 aliphatic rings. The predicted molar refractivity (Wildman–Crippen MR) is 147 cm³/mol. The number of rotatable bonds is 9. The number of anilines is 1. The van der Waals surface area contributed by atoms with Gasteiger partial charge < -0.3 is 20.3 Å². The average molecular weight is 499 g/mol. The molecule has 1 fully saturated rings. The second kappa shape index (κ2) is 11.8. The average Bonchev–Trinajstić information content (AvgIpc) is 2.92. The van der Waals surface area contributed by atoms with Gasteiger partial charge in [0.2, 0.25) is 5.82 Å². The van der Waals surface area contributed by atoms with Crippen molar-refractivity contribution in [2.24, 2.45) is 0 Å². The van der Waals surface area contributed by atoms with Crippen LogP contribution in [0.4, 0.5) is 5.69 Å². The standard InChI is InChI=1S/C29H34N6O2/c1-5-37-26-13-8-20-6-7-21(16-24(20)27(26)32-18-19(2)17-30)25-14-15-31-28(34-25)29(36)33-22-9-11-23(12-10-22)35(3)4/h6-8,13-16,22-23,32H,2,5,9-12,18H2,1,3-4H3,(H,33,36).